The lowest BCUT2D eigenvalue weighted by Gasteiger charge is -2.33. The van der Waals surface area contributed by atoms with E-state index in [9.17, 15) is 5.11 Å². The molecule has 0 saturated heterocycles. The van der Waals surface area contributed by atoms with Crippen molar-refractivity contribution < 1.29 is 5.11 Å². The predicted octanol–water partition coefficient (Wildman–Crippen LogP) is 2.34. The van der Waals surface area contributed by atoms with Crippen molar-refractivity contribution in [3.05, 3.63) is 0 Å². The number of aliphatic hydroxyl groups is 1. The fourth-order valence-corrected chi connectivity index (χ4v) is 1.95. The van der Waals surface area contributed by atoms with Crippen LogP contribution in [0.3, 0.4) is 0 Å². The van der Waals surface area contributed by atoms with Crippen molar-refractivity contribution in [2.75, 3.05) is 0 Å². The lowest BCUT2D eigenvalue weighted by atomic mass is 9.78. The molecule has 10 heavy (non-hydrogen) atoms. The first kappa shape index (κ1) is 8.06. The van der Waals surface area contributed by atoms with Gasteiger partial charge in [-0.3, -0.25) is 0 Å². The maximum Gasteiger partial charge on any atom is 0.0622 e. The molecule has 1 aliphatic carbocycles. The quantitative estimate of drug-likeness (QED) is 0.595. The molecular weight excluding hydrogens is 124 g/mol. The third-order valence-electron chi connectivity index (χ3n) is 2.63. The predicted molar refractivity (Wildman–Crippen MR) is 42.9 cm³/mol. The molecular formula is C9H18O. The van der Waals surface area contributed by atoms with Crippen molar-refractivity contribution >= 4 is 0 Å². The first-order chi connectivity index (χ1) is 4.64. The minimum Gasteiger partial charge on any atom is -0.390 e. The highest BCUT2D eigenvalue weighted by Crippen LogP contribution is 2.33. The van der Waals surface area contributed by atoms with E-state index < -0.39 is 0 Å². The van der Waals surface area contributed by atoms with Gasteiger partial charge >= 0.3 is 0 Å². The minimum absolute atomic E-state index is 0.348. The van der Waals surface area contributed by atoms with Gasteiger partial charge in [0.2, 0.25) is 0 Å². The van der Waals surface area contributed by atoms with Gasteiger partial charge in [-0.25, -0.2) is 0 Å². The highest BCUT2D eigenvalue weighted by Gasteiger charge is 2.28. The summed E-state index contributed by atoms with van der Waals surface area (Å²) in [5.41, 5.74) is -0.348. The molecule has 0 aromatic carbocycles. The first-order valence-corrected chi connectivity index (χ1v) is 4.36. The summed E-state index contributed by atoms with van der Waals surface area (Å²) in [5, 5.41) is 9.68. The Morgan fingerprint density at radius 1 is 1.60 bits per heavy atom. The van der Waals surface area contributed by atoms with Crippen LogP contribution >= 0.6 is 0 Å². The lowest BCUT2D eigenvalue weighted by molar-refractivity contribution is 0.000465. The summed E-state index contributed by atoms with van der Waals surface area (Å²) >= 11 is 0. The summed E-state index contributed by atoms with van der Waals surface area (Å²) in [4.78, 5) is 0. The average Bonchev–Trinajstić information content (AvgIpc) is 1.86. The molecule has 0 aromatic rings. The number of hydrogen-bond donors (Lipinski definition) is 1. The van der Waals surface area contributed by atoms with Crippen molar-refractivity contribution in [3.8, 4) is 0 Å². The van der Waals surface area contributed by atoms with E-state index in [1.165, 1.54) is 19.3 Å². The molecule has 1 aliphatic rings. The molecule has 1 fully saturated rings. The third kappa shape index (κ3) is 1.98. The Hall–Kier alpha value is -0.0400. The van der Waals surface area contributed by atoms with Crippen LogP contribution in [0.25, 0.3) is 0 Å². The molecule has 0 radical (unpaired) electrons. The van der Waals surface area contributed by atoms with Crippen molar-refractivity contribution in [2.45, 2.75) is 51.6 Å². The first-order valence-electron chi connectivity index (χ1n) is 4.36. The van der Waals surface area contributed by atoms with Gasteiger partial charge in [-0.15, -0.1) is 0 Å². The van der Waals surface area contributed by atoms with Crippen LogP contribution in [0.4, 0.5) is 0 Å². The van der Waals surface area contributed by atoms with Crippen LogP contribution in [0.2, 0.25) is 0 Å². The van der Waals surface area contributed by atoms with E-state index in [1.54, 1.807) is 0 Å². The van der Waals surface area contributed by atoms with Crippen LogP contribution in [0.15, 0.2) is 0 Å². The Bertz CT molecular complexity index is 107. The zero-order valence-corrected chi connectivity index (χ0v) is 7.06. The Morgan fingerprint density at radius 3 is 2.70 bits per heavy atom. The van der Waals surface area contributed by atoms with Gasteiger partial charge in [0.25, 0.3) is 0 Å². The van der Waals surface area contributed by atoms with Crippen LogP contribution in [-0.2, 0) is 0 Å². The van der Waals surface area contributed by atoms with Crippen molar-refractivity contribution in [2.24, 2.45) is 5.92 Å². The molecule has 0 unspecified atom stereocenters. The molecule has 0 spiro atoms. The molecule has 1 N–H and O–H groups in total. The van der Waals surface area contributed by atoms with Crippen LogP contribution in [0, 0.1) is 5.92 Å². The monoisotopic (exact) mass is 142 g/mol. The molecule has 60 valence electrons. The largest absolute Gasteiger partial charge is 0.390 e. The Kier molecular flexibility index (Phi) is 2.35. The number of rotatable bonds is 1. The summed E-state index contributed by atoms with van der Waals surface area (Å²) in [6, 6.07) is 0. The van der Waals surface area contributed by atoms with E-state index in [2.05, 4.69) is 6.92 Å². The van der Waals surface area contributed by atoms with Gasteiger partial charge in [0.05, 0.1) is 5.60 Å². The minimum atomic E-state index is -0.348. The molecule has 1 heteroatoms. The van der Waals surface area contributed by atoms with Gasteiger partial charge in [0.15, 0.2) is 0 Å². The molecule has 0 aromatic heterocycles. The number of hydrogen-bond acceptors (Lipinski definition) is 1. The Labute approximate surface area is 63.4 Å². The summed E-state index contributed by atoms with van der Waals surface area (Å²) in [7, 11) is 0. The van der Waals surface area contributed by atoms with E-state index in [0.29, 0.717) is 0 Å². The molecule has 1 nitrogen and oxygen atoms in total. The summed E-state index contributed by atoms with van der Waals surface area (Å²) in [6.07, 6.45) is 5.79. The van der Waals surface area contributed by atoms with E-state index in [0.717, 1.165) is 18.8 Å². The average molecular weight is 142 g/mol. The second-order valence-corrected chi connectivity index (χ2v) is 3.87. The topological polar surface area (TPSA) is 20.2 Å². The highest BCUT2D eigenvalue weighted by atomic mass is 16.3. The molecule has 0 amide bonds. The summed E-state index contributed by atoms with van der Waals surface area (Å²) in [5.74, 6) is 0.781. The fourth-order valence-electron chi connectivity index (χ4n) is 1.95. The van der Waals surface area contributed by atoms with Gasteiger partial charge in [-0.1, -0.05) is 26.2 Å². The SMILES string of the molecule is CC[C@@H]1CCC[C@@](C)(O)C1. The second kappa shape index (κ2) is 2.91. The van der Waals surface area contributed by atoms with E-state index >= 15 is 0 Å². The lowest BCUT2D eigenvalue weighted by Crippen LogP contribution is -2.31. The molecule has 1 saturated carbocycles. The van der Waals surface area contributed by atoms with Crippen LogP contribution < -0.4 is 0 Å². The van der Waals surface area contributed by atoms with Gasteiger partial charge in [0.1, 0.15) is 0 Å². The third-order valence-corrected chi connectivity index (χ3v) is 2.63. The molecule has 2 atom stereocenters. The standard InChI is InChI=1S/C9H18O/c1-3-8-5-4-6-9(2,10)7-8/h8,10H,3-7H2,1-2H3/t8-,9-/m1/s1. The maximum absolute atomic E-state index is 9.68. The zero-order chi connectivity index (χ0) is 7.61. The molecule has 0 heterocycles. The van der Waals surface area contributed by atoms with E-state index in [1.807, 2.05) is 6.92 Å². The molecule has 1 rings (SSSR count). The van der Waals surface area contributed by atoms with Gasteiger partial charge in [-0.05, 0) is 25.7 Å². The second-order valence-electron chi connectivity index (χ2n) is 3.87. The smallest absolute Gasteiger partial charge is 0.0622 e. The van der Waals surface area contributed by atoms with Crippen LogP contribution in [0.1, 0.15) is 46.0 Å². The Morgan fingerprint density at radius 2 is 2.30 bits per heavy atom. The van der Waals surface area contributed by atoms with Crippen molar-refractivity contribution in [1.29, 1.82) is 0 Å². The van der Waals surface area contributed by atoms with Crippen molar-refractivity contribution in [3.63, 3.8) is 0 Å². The van der Waals surface area contributed by atoms with E-state index in [4.69, 9.17) is 0 Å². The normalized spacial score (nSPS) is 41.7. The van der Waals surface area contributed by atoms with Crippen molar-refractivity contribution in [1.82, 2.24) is 0 Å². The summed E-state index contributed by atoms with van der Waals surface area (Å²) < 4.78 is 0. The molecule has 0 aliphatic heterocycles. The zero-order valence-electron chi connectivity index (χ0n) is 7.06. The van der Waals surface area contributed by atoms with E-state index in [-0.39, 0.29) is 5.60 Å². The summed E-state index contributed by atoms with van der Waals surface area (Å²) in [6.45, 7) is 4.18. The highest BCUT2D eigenvalue weighted by molar-refractivity contribution is 4.81. The van der Waals surface area contributed by atoms with Gasteiger partial charge in [0, 0.05) is 0 Å². The van der Waals surface area contributed by atoms with Crippen LogP contribution in [-0.4, -0.2) is 10.7 Å². The van der Waals surface area contributed by atoms with Crippen LogP contribution in [0.5, 0.6) is 0 Å². The fraction of sp³-hybridized carbons (Fsp3) is 1.00. The molecule has 0 bridgehead atoms. The Balaban J connectivity index is 2.40. The van der Waals surface area contributed by atoms with Gasteiger partial charge in [-0.2, -0.15) is 0 Å². The van der Waals surface area contributed by atoms with Gasteiger partial charge < -0.3 is 5.11 Å². The maximum atomic E-state index is 9.68.